The summed E-state index contributed by atoms with van der Waals surface area (Å²) in [5.74, 6) is -0.679. The number of hydrogen-bond acceptors (Lipinski definition) is 3. The molecule has 2 aliphatic rings. The molecule has 1 fully saturated rings. The van der Waals surface area contributed by atoms with Crippen LogP contribution in [0.15, 0.2) is 53.4 Å². The second kappa shape index (κ2) is 7.85. The second-order valence-corrected chi connectivity index (χ2v) is 9.61. The number of nitrogens with zero attached hydrogens (tertiary/aromatic N) is 2. The SMILES string of the molecule is C[C@H]1Cc2ccccc2N1C(=O)C[NH+]1CCN(S(=O)(=O)c2ccccc2F)CC1. The van der Waals surface area contributed by atoms with Gasteiger partial charge in [-0.3, -0.25) is 4.79 Å². The summed E-state index contributed by atoms with van der Waals surface area (Å²) in [6.45, 7) is 3.95. The highest BCUT2D eigenvalue weighted by atomic mass is 32.2. The van der Waals surface area contributed by atoms with Gasteiger partial charge in [-0.2, -0.15) is 4.31 Å². The Balaban J connectivity index is 1.39. The van der Waals surface area contributed by atoms with Crippen molar-refractivity contribution < 1.29 is 22.5 Å². The molecule has 1 amide bonds. The Bertz CT molecular complexity index is 1020. The van der Waals surface area contributed by atoms with Gasteiger partial charge >= 0.3 is 0 Å². The third kappa shape index (κ3) is 3.80. The number of hydrogen-bond donors (Lipinski definition) is 1. The summed E-state index contributed by atoms with van der Waals surface area (Å²) in [6, 6.07) is 13.5. The van der Waals surface area contributed by atoms with E-state index >= 15 is 0 Å². The van der Waals surface area contributed by atoms with Crippen LogP contribution in [0.2, 0.25) is 0 Å². The first-order valence-corrected chi connectivity index (χ1v) is 11.3. The van der Waals surface area contributed by atoms with Crippen LogP contribution in [0.3, 0.4) is 0 Å². The Morgan fingerprint density at radius 3 is 2.48 bits per heavy atom. The molecule has 0 bridgehead atoms. The minimum atomic E-state index is -3.86. The summed E-state index contributed by atoms with van der Waals surface area (Å²) in [5, 5.41) is 0. The molecule has 1 atom stereocenters. The Hall–Kier alpha value is -2.29. The van der Waals surface area contributed by atoms with Crippen molar-refractivity contribution in [2.45, 2.75) is 24.3 Å². The molecule has 0 aliphatic carbocycles. The lowest BCUT2D eigenvalue weighted by molar-refractivity contribution is -0.895. The lowest BCUT2D eigenvalue weighted by atomic mass is 10.1. The Kier molecular flexibility index (Phi) is 5.42. The van der Waals surface area contributed by atoms with Crippen LogP contribution >= 0.6 is 0 Å². The van der Waals surface area contributed by atoms with Crippen molar-refractivity contribution in [3.05, 3.63) is 59.9 Å². The number of sulfonamides is 1. The van der Waals surface area contributed by atoms with Gasteiger partial charge in [0, 0.05) is 11.7 Å². The smallest absolute Gasteiger partial charge is 0.282 e. The summed E-state index contributed by atoms with van der Waals surface area (Å²) in [6.07, 6.45) is 0.853. The van der Waals surface area contributed by atoms with E-state index in [2.05, 4.69) is 6.07 Å². The summed E-state index contributed by atoms with van der Waals surface area (Å²) in [4.78, 5) is 15.6. The fraction of sp³-hybridized carbons (Fsp3) is 0.381. The Morgan fingerprint density at radius 2 is 1.76 bits per heavy atom. The standard InChI is InChI=1S/C21H24FN3O3S/c1-16-14-17-6-2-4-8-19(17)25(16)21(26)15-23-10-12-24(13-11-23)29(27,28)20-9-5-3-7-18(20)22/h2-9,16H,10-15H2,1H3/p+1/t16-/m0/s1. The molecule has 4 rings (SSSR count). The van der Waals surface area contributed by atoms with Gasteiger partial charge in [-0.15, -0.1) is 0 Å². The van der Waals surface area contributed by atoms with Gasteiger partial charge in [-0.05, 0) is 37.1 Å². The number of halogens is 1. The van der Waals surface area contributed by atoms with Gasteiger partial charge in [0.05, 0.1) is 26.2 Å². The van der Waals surface area contributed by atoms with Crippen molar-refractivity contribution in [1.82, 2.24) is 4.31 Å². The molecular weight excluding hydrogens is 393 g/mol. The van der Waals surface area contributed by atoms with E-state index in [1.807, 2.05) is 30.0 Å². The average molecular weight is 419 g/mol. The predicted molar refractivity (Wildman–Crippen MR) is 108 cm³/mol. The van der Waals surface area contributed by atoms with Crippen LogP contribution < -0.4 is 9.80 Å². The quantitative estimate of drug-likeness (QED) is 0.795. The van der Waals surface area contributed by atoms with Crippen molar-refractivity contribution in [1.29, 1.82) is 0 Å². The Labute approximate surface area is 170 Å². The van der Waals surface area contributed by atoms with Crippen molar-refractivity contribution in [2.24, 2.45) is 0 Å². The van der Waals surface area contributed by atoms with Crippen molar-refractivity contribution in [2.75, 3.05) is 37.6 Å². The molecule has 1 N–H and O–H groups in total. The zero-order valence-electron chi connectivity index (χ0n) is 16.3. The zero-order chi connectivity index (χ0) is 20.6. The lowest BCUT2D eigenvalue weighted by Crippen LogP contribution is -3.15. The number of carbonyl (C=O) groups is 1. The molecule has 0 unspecified atom stereocenters. The molecule has 8 heteroatoms. The van der Waals surface area contributed by atoms with Crippen molar-refractivity contribution in [3.8, 4) is 0 Å². The number of amides is 1. The summed E-state index contributed by atoms with van der Waals surface area (Å²) < 4.78 is 40.7. The maximum Gasteiger partial charge on any atom is 0.282 e. The molecule has 0 aromatic heterocycles. The van der Waals surface area contributed by atoms with Crippen LogP contribution in [0.5, 0.6) is 0 Å². The second-order valence-electron chi connectivity index (χ2n) is 7.71. The van der Waals surface area contributed by atoms with E-state index in [0.717, 1.165) is 23.1 Å². The number of para-hydroxylation sites is 1. The molecule has 2 aliphatic heterocycles. The minimum Gasteiger partial charge on any atom is -0.325 e. The van der Waals surface area contributed by atoms with E-state index in [1.54, 1.807) is 0 Å². The van der Waals surface area contributed by atoms with E-state index in [-0.39, 0.29) is 29.9 Å². The number of carbonyl (C=O) groups excluding carboxylic acids is 1. The fourth-order valence-corrected chi connectivity index (χ4v) is 5.76. The van der Waals surface area contributed by atoms with Crippen LogP contribution in [0.1, 0.15) is 12.5 Å². The number of nitrogens with one attached hydrogen (secondary N) is 1. The molecule has 0 radical (unpaired) electrons. The van der Waals surface area contributed by atoms with Gasteiger partial charge in [-0.25, -0.2) is 12.8 Å². The van der Waals surface area contributed by atoms with E-state index in [4.69, 9.17) is 0 Å². The van der Waals surface area contributed by atoms with Gasteiger partial charge in [-0.1, -0.05) is 30.3 Å². The lowest BCUT2D eigenvalue weighted by Gasteiger charge is -2.32. The van der Waals surface area contributed by atoms with Gasteiger partial charge in [0.1, 0.15) is 10.7 Å². The average Bonchev–Trinajstić information content (AvgIpc) is 3.04. The van der Waals surface area contributed by atoms with E-state index in [0.29, 0.717) is 19.6 Å². The first-order valence-electron chi connectivity index (χ1n) is 9.86. The molecule has 6 nitrogen and oxygen atoms in total. The van der Waals surface area contributed by atoms with Crippen LogP contribution in [0.25, 0.3) is 0 Å². The maximum atomic E-state index is 14.0. The summed E-state index contributed by atoms with van der Waals surface area (Å²) >= 11 is 0. The van der Waals surface area contributed by atoms with E-state index < -0.39 is 15.8 Å². The molecule has 29 heavy (non-hydrogen) atoms. The molecule has 2 aromatic carbocycles. The van der Waals surface area contributed by atoms with Crippen LogP contribution in [-0.2, 0) is 21.2 Å². The molecule has 1 saturated heterocycles. The number of benzene rings is 2. The molecule has 2 aromatic rings. The number of piperazine rings is 1. The Morgan fingerprint density at radius 1 is 1.10 bits per heavy atom. The van der Waals surface area contributed by atoms with Gasteiger partial charge in [0.15, 0.2) is 6.54 Å². The highest BCUT2D eigenvalue weighted by Crippen LogP contribution is 2.31. The predicted octanol–water partition coefficient (Wildman–Crippen LogP) is 0.693. The van der Waals surface area contributed by atoms with E-state index in [9.17, 15) is 17.6 Å². The molecule has 0 saturated carbocycles. The molecule has 154 valence electrons. The number of rotatable bonds is 4. The fourth-order valence-electron chi connectivity index (χ4n) is 4.26. The van der Waals surface area contributed by atoms with Gasteiger partial charge in [0.2, 0.25) is 10.0 Å². The van der Waals surface area contributed by atoms with Crippen molar-refractivity contribution in [3.63, 3.8) is 0 Å². The van der Waals surface area contributed by atoms with Crippen LogP contribution in [0, 0.1) is 5.82 Å². The number of anilines is 1. The van der Waals surface area contributed by atoms with Gasteiger partial charge < -0.3 is 9.80 Å². The first kappa shape index (κ1) is 20.0. The van der Waals surface area contributed by atoms with Crippen LogP contribution in [-0.4, -0.2) is 57.4 Å². The maximum absolute atomic E-state index is 14.0. The first-order chi connectivity index (χ1) is 13.9. The molecule has 2 heterocycles. The zero-order valence-corrected chi connectivity index (χ0v) is 17.2. The number of fused-ring (bicyclic) bond motifs is 1. The highest BCUT2D eigenvalue weighted by molar-refractivity contribution is 7.89. The minimum absolute atomic E-state index is 0.0582. The summed E-state index contributed by atoms with van der Waals surface area (Å²) in [5.41, 5.74) is 2.16. The largest absolute Gasteiger partial charge is 0.325 e. The molecule has 0 spiro atoms. The highest BCUT2D eigenvalue weighted by Gasteiger charge is 2.36. The van der Waals surface area contributed by atoms with Crippen molar-refractivity contribution >= 4 is 21.6 Å². The third-order valence-corrected chi connectivity index (χ3v) is 7.69. The third-order valence-electron chi connectivity index (χ3n) is 5.76. The normalized spacial score (nSPS) is 20.6. The molecular formula is C21H25FN3O3S+. The topological polar surface area (TPSA) is 62.1 Å². The van der Waals surface area contributed by atoms with E-state index in [1.165, 1.54) is 28.1 Å². The van der Waals surface area contributed by atoms with Crippen LogP contribution in [0.4, 0.5) is 10.1 Å². The van der Waals surface area contributed by atoms with Gasteiger partial charge in [0.25, 0.3) is 5.91 Å². The monoisotopic (exact) mass is 418 g/mol. The number of quaternary nitrogens is 1. The summed E-state index contributed by atoms with van der Waals surface area (Å²) in [7, 11) is -3.86.